The first-order valence-electron chi connectivity index (χ1n) is 9.79. The molecule has 0 fully saturated rings. The van der Waals surface area contributed by atoms with Crippen LogP contribution in [0.15, 0.2) is 71.9 Å². The number of aryl methyl sites for hydroxylation is 1. The highest BCUT2D eigenvalue weighted by Gasteiger charge is 2.32. The van der Waals surface area contributed by atoms with Gasteiger partial charge in [0.2, 0.25) is 0 Å². The fourth-order valence-electron chi connectivity index (χ4n) is 3.07. The predicted molar refractivity (Wildman–Crippen MR) is 122 cm³/mol. The van der Waals surface area contributed by atoms with Crippen LogP contribution >= 0.6 is 0 Å². The molecular formula is C24H21F3N4O2. The zero-order valence-electron chi connectivity index (χ0n) is 17.9. The van der Waals surface area contributed by atoms with Crippen molar-refractivity contribution >= 4 is 23.5 Å². The molecule has 0 saturated heterocycles. The smallest absolute Gasteiger partial charge is 0.405 e. The molecule has 6 nitrogen and oxygen atoms in total. The molecule has 0 spiro atoms. The second kappa shape index (κ2) is 9.99. The first-order valence-corrected chi connectivity index (χ1v) is 9.79. The lowest BCUT2D eigenvalue weighted by Gasteiger charge is -2.16. The minimum atomic E-state index is -4.92. The van der Waals surface area contributed by atoms with Crippen molar-refractivity contribution in [1.82, 2.24) is 4.98 Å². The molecule has 2 aromatic carbocycles. The topological polar surface area (TPSA) is 89.6 Å². The molecule has 170 valence electrons. The van der Waals surface area contributed by atoms with Gasteiger partial charge >= 0.3 is 6.36 Å². The van der Waals surface area contributed by atoms with Gasteiger partial charge in [0.05, 0.1) is 11.9 Å². The fourth-order valence-corrected chi connectivity index (χ4v) is 3.07. The Morgan fingerprint density at radius 2 is 1.88 bits per heavy atom. The number of nitrogens with zero attached hydrogens (tertiary/aromatic N) is 2. The Morgan fingerprint density at radius 1 is 1.15 bits per heavy atom. The third kappa shape index (κ3) is 6.19. The number of aromatic nitrogens is 1. The van der Waals surface area contributed by atoms with Crippen LogP contribution in [-0.4, -0.2) is 30.5 Å². The molecule has 3 rings (SSSR count). The average Bonchev–Trinajstić information content (AvgIpc) is 2.78. The van der Waals surface area contributed by atoms with Crippen molar-refractivity contribution in [2.45, 2.75) is 13.3 Å². The van der Waals surface area contributed by atoms with Crippen molar-refractivity contribution in [3.8, 4) is 16.9 Å². The number of benzene rings is 2. The molecule has 0 aliphatic carbocycles. The van der Waals surface area contributed by atoms with Crippen LogP contribution in [0.25, 0.3) is 16.8 Å². The molecule has 1 amide bonds. The number of carbonyl (C=O) groups is 1. The molecule has 33 heavy (non-hydrogen) atoms. The SMILES string of the molecule is CN=CC=C(N)c1cc(C(=O)Nc2cnc(C)cc2-c2ccccc2)ccc1OC(F)(F)F. The quantitative estimate of drug-likeness (QED) is 0.501. The van der Waals surface area contributed by atoms with Crippen LogP contribution in [0.2, 0.25) is 0 Å². The lowest BCUT2D eigenvalue weighted by Crippen LogP contribution is -2.19. The van der Waals surface area contributed by atoms with Gasteiger partial charge in [-0.1, -0.05) is 30.3 Å². The number of allylic oxidation sites excluding steroid dienone is 1. The lowest BCUT2D eigenvalue weighted by molar-refractivity contribution is -0.274. The van der Waals surface area contributed by atoms with Crippen LogP contribution in [0.3, 0.4) is 0 Å². The van der Waals surface area contributed by atoms with E-state index >= 15 is 0 Å². The first kappa shape index (κ1) is 23.5. The molecule has 3 aromatic rings. The Labute approximate surface area is 188 Å². The fraction of sp³-hybridized carbons (Fsp3) is 0.125. The summed E-state index contributed by atoms with van der Waals surface area (Å²) in [5.74, 6) is -1.08. The Bertz CT molecular complexity index is 1210. The number of carbonyl (C=O) groups excluding carboxylic acids is 1. The zero-order chi connectivity index (χ0) is 24.0. The number of ether oxygens (including phenoxy) is 1. The van der Waals surface area contributed by atoms with E-state index in [1.165, 1.54) is 37.7 Å². The number of anilines is 1. The number of pyridine rings is 1. The number of hydrogen-bond acceptors (Lipinski definition) is 5. The minimum absolute atomic E-state index is 0.0449. The summed E-state index contributed by atoms with van der Waals surface area (Å²) in [7, 11) is 1.49. The highest BCUT2D eigenvalue weighted by Crippen LogP contribution is 2.32. The van der Waals surface area contributed by atoms with Crippen molar-refractivity contribution in [1.29, 1.82) is 0 Å². The minimum Gasteiger partial charge on any atom is -0.405 e. The van der Waals surface area contributed by atoms with Gasteiger partial charge in [-0.05, 0) is 42.8 Å². The van der Waals surface area contributed by atoms with E-state index < -0.39 is 18.0 Å². The summed E-state index contributed by atoms with van der Waals surface area (Å²) < 4.78 is 42.5. The van der Waals surface area contributed by atoms with Crippen LogP contribution in [0.4, 0.5) is 18.9 Å². The van der Waals surface area contributed by atoms with E-state index in [0.29, 0.717) is 5.69 Å². The third-order valence-corrected chi connectivity index (χ3v) is 4.56. The third-order valence-electron chi connectivity index (χ3n) is 4.56. The van der Waals surface area contributed by atoms with E-state index in [-0.39, 0.29) is 16.8 Å². The Kier molecular flexibility index (Phi) is 7.12. The van der Waals surface area contributed by atoms with Gasteiger partial charge in [0.1, 0.15) is 5.75 Å². The van der Waals surface area contributed by atoms with Crippen LogP contribution in [0.5, 0.6) is 5.75 Å². The van der Waals surface area contributed by atoms with Crippen molar-refractivity contribution in [2.75, 3.05) is 12.4 Å². The van der Waals surface area contributed by atoms with E-state index in [4.69, 9.17) is 5.73 Å². The van der Waals surface area contributed by atoms with E-state index in [2.05, 4.69) is 20.0 Å². The molecule has 0 saturated carbocycles. The molecule has 0 bridgehead atoms. The monoisotopic (exact) mass is 454 g/mol. The molecule has 3 N–H and O–H groups in total. The average molecular weight is 454 g/mol. The second-order valence-corrected chi connectivity index (χ2v) is 6.98. The maximum absolute atomic E-state index is 13.0. The molecule has 0 radical (unpaired) electrons. The number of rotatable bonds is 6. The number of nitrogens with two attached hydrogens (primary N) is 1. The van der Waals surface area contributed by atoms with Gasteiger partial charge in [-0.3, -0.25) is 14.8 Å². The number of nitrogens with one attached hydrogen (secondary N) is 1. The van der Waals surface area contributed by atoms with Gasteiger partial charge in [-0.25, -0.2) is 0 Å². The normalized spacial score (nSPS) is 12.1. The van der Waals surface area contributed by atoms with Crippen LogP contribution in [0, 0.1) is 6.92 Å². The van der Waals surface area contributed by atoms with Crippen molar-refractivity contribution < 1.29 is 22.7 Å². The molecule has 0 unspecified atom stereocenters. The molecule has 0 aliphatic rings. The largest absolute Gasteiger partial charge is 0.573 e. The van der Waals surface area contributed by atoms with Crippen molar-refractivity contribution in [3.63, 3.8) is 0 Å². The molecule has 1 heterocycles. The number of aliphatic imine (C=N–C) groups is 1. The van der Waals surface area contributed by atoms with Crippen LogP contribution in [0.1, 0.15) is 21.6 Å². The first-order chi connectivity index (χ1) is 15.7. The maximum Gasteiger partial charge on any atom is 0.573 e. The summed E-state index contributed by atoms with van der Waals surface area (Å²) in [5, 5.41) is 2.78. The Hall–Kier alpha value is -4.14. The lowest BCUT2D eigenvalue weighted by atomic mass is 10.0. The summed E-state index contributed by atoms with van der Waals surface area (Å²) in [5.41, 5.74) is 8.72. The predicted octanol–water partition coefficient (Wildman–Crippen LogP) is 5.21. The molecule has 1 aromatic heterocycles. The number of alkyl halides is 3. The summed E-state index contributed by atoms with van der Waals surface area (Å²) in [6, 6.07) is 14.8. The van der Waals surface area contributed by atoms with Crippen molar-refractivity contribution in [3.05, 3.63) is 83.7 Å². The van der Waals surface area contributed by atoms with Gasteiger partial charge in [0, 0.05) is 41.3 Å². The maximum atomic E-state index is 13.0. The highest BCUT2D eigenvalue weighted by molar-refractivity contribution is 6.07. The highest BCUT2D eigenvalue weighted by atomic mass is 19.4. The van der Waals surface area contributed by atoms with Crippen LogP contribution in [-0.2, 0) is 0 Å². The van der Waals surface area contributed by atoms with Gasteiger partial charge in [0.25, 0.3) is 5.91 Å². The molecule has 0 aliphatic heterocycles. The zero-order valence-corrected chi connectivity index (χ0v) is 17.9. The molecule has 9 heteroatoms. The summed E-state index contributed by atoms with van der Waals surface area (Å²) in [4.78, 5) is 21.0. The van der Waals surface area contributed by atoms with Crippen molar-refractivity contribution in [2.24, 2.45) is 10.7 Å². The Balaban J connectivity index is 1.98. The second-order valence-electron chi connectivity index (χ2n) is 6.98. The Morgan fingerprint density at radius 3 is 2.55 bits per heavy atom. The molecular weight excluding hydrogens is 433 g/mol. The van der Waals surface area contributed by atoms with Crippen LogP contribution < -0.4 is 15.8 Å². The van der Waals surface area contributed by atoms with E-state index in [1.807, 2.05) is 43.3 Å². The standard InChI is InChI=1S/C24H21F3N4O2/c1-15-12-18(16-6-4-3-5-7-16)21(14-30-15)31-23(32)17-8-9-22(33-24(25,26)27)19(13-17)20(28)10-11-29-2/h3-14H,28H2,1-2H3,(H,31,32). The summed E-state index contributed by atoms with van der Waals surface area (Å²) >= 11 is 0. The van der Waals surface area contributed by atoms with Gasteiger partial charge in [-0.15, -0.1) is 13.2 Å². The summed E-state index contributed by atoms with van der Waals surface area (Å²) in [6.45, 7) is 1.83. The summed E-state index contributed by atoms with van der Waals surface area (Å²) in [6.07, 6.45) is -0.749. The van der Waals surface area contributed by atoms with Gasteiger partial charge in [0.15, 0.2) is 0 Å². The van der Waals surface area contributed by atoms with E-state index in [0.717, 1.165) is 22.9 Å². The van der Waals surface area contributed by atoms with Gasteiger partial charge in [-0.2, -0.15) is 0 Å². The number of hydrogen-bond donors (Lipinski definition) is 2. The number of halogens is 3. The number of amides is 1. The van der Waals surface area contributed by atoms with E-state index in [9.17, 15) is 18.0 Å². The molecule has 0 atom stereocenters. The van der Waals surface area contributed by atoms with E-state index in [1.54, 1.807) is 0 Å². The van der Waals surface area contributed by atoms with Gasteiger partial charge < -0.3 is 15.8 Å².